The molecule has 3 aliphatic heterocycles. The van der Waals surface area contributed by atoms with E-state index in [1.165, 1.54) is 6.07 Å². The summed E-state index contributed by atoms with van der Waals surface area (Å²) < 4.78 is 61.7. The van der Waals surface area contributed by atoms with Crippen molar-refractivity contribution in [2.75, 3.05) is 31.6 Å². The lowest BCUT2D eigenvalue weighted by Crippen LogP contribution is -2.52. The Morgan fingerprint density at radius 2 is 1.91 bits per heavy atom. The molecular formula is C25H27FN4O4. The van der Waals surface area contributed by atoms with Crippen molar-refractivity contribution in [3.63, 3.8) is 0 Å². The molecule has 2 saturated heterocycles. The Labute approximate surface area is 204 Å². The summed E-state index contributed by atoms with van der Waals surface area (Å²) in [6.07, 6.45) is -6.60. The first-order valence-corrected chi connectivity index (χ1v) is 11.0. The normalized spacial score (nSPS) is 28.2. The van der Waals surface area contributed by atoms with E-state index in [1.54, 1.807) is 35.6 Å². The molecule has 0 radical (unpaired) electrons. The third kappa shape index (κ3) is 4.41. The minimum atomic E-state index is -3.35. The van der Waals surface area contributed by atoms with Gasteiger partial charge in [-0.1, -0.05) is 24.3 Å². The molecule has 0 bridgehead atoms. The van der Waals surface area contributed by atoms with Gasteiger partial charge in [0.2, 0.25) is 11.8 Å². The number of nitrogens with zero attached hydrogens (tertiary/aromatic N) is 2. The van der Waals surface area contributed by atoms with Gasteiger partial charge in [0, 0.05) is 72.5 Å². The molecule has 2 N–H and O–H groups in total. The van der Waals surface area contributed by atoms with Crippen LogP contribution < -0.4 is 10.6 Å². The molecular weight excluding hydrogens is 439 g/mol. The van der Waals surface area contributed by atoms with E-state index in [4.69, 9.17) is 11.6 Å². The van der Waals surface area contributed by atoms with Gasteiger partial charge in [0.1, 0.15) is 11.8 Å². The van der Waals surface area contributed by atoms with E-state index in [1.807, 2.05) is 0 Å². The first-order chi connectivity index (χ1) is 18.4. The van der Waals surface area contributed by atoms with E-state index < -0.39 is 43.0 Å². The number of hydrogen-bond donors (Lipinski definition) is 2. The summed E-state index contributed by atoms with van der Waals surface area (Å²) in [5.41, 5.74) is 1.79. The molecule has 3 aliphatic rings. The van der Waals surface area contributed by atoms with E-state index in [0.29, 0.717) is 60.1 Å². The van der Waals surface area contributed by atoms with Gasteiger partial charge >= 0.3 is 0 Å². The van der Waals surface area contributed by atoms with Gasteiger partial charge in [0.15, 0.2) is 0 Å². The molecule has 2 aromatic rings. The zero-order valence-electron chi connectivity index (χ0n) is 23.3. The van der Waals surface area contributed by atoms with Crippen LogP contribution in [0.3, 0.4) is 0 Å². The Balaban J connectivity index is 1.38. The second-order valence-corrected chi connectivity index (χ2v) is 8.24. The predicted octanol–water partition coefficient (Wildman–Crippen LogP) is 2.03. The van der Waals surface area contributed by atoms with Gasteiger partial charge in [0.05, 0.1) is 14.6 Å². The Morgan fingerprint density at radius 3 is 2.74 bits per heavy atom. The van der Waals surface area contributed by atoms with Crippen molar-refractivity contribution < 1.29 is 30.4 Å². The lowest BCUT2D eigenvalue weighted by atomic mass is 10.0. The molecule has 2 fully saturated rings. The van der Waals surface area contributed by atoms with Crippen LogP contribution in [-0.2, 0) is 34.0 Å². The molecule has 3 amide bonds. The standard InChI is InChI=1S/C25H27FN4O4/c26-23-16(3-1-4-17(23)14-29-9-11-34-12-10-29)13-27-20-6-2-5-18-19(20)15-30(25(18)33)21-7-8-22(31)28-24(21)32/h1-6,21,27H,7-15H2,(H,28,31,32)/i7D2,8D2,21D. The summed E-state index contributed by atoms with van der Waals surface area (Å²) in [4.78, 5) is 40.8. The number of nitrogens with one attached hydrogen (secondary N) is 2. The van der Waals surface area contributed by atoms with Gasteiger partial charge in [0.25, 0.3) is 5.91 Å². The number of fused-ring (bicyclic) bond motifs is 1. The molecule has 178 valence electrons. The topological polar surface area (TPSA) is 91.0 Å². The van der Waals surface area contributed by atoms with Crippen LogP contribution in [0.25, 0.3) is 0 Å². The molecule has 0 spiro atoms. The number of carbonyl (C=O) groups is 3. The van der Waals surface area contributed by atoms with Crippen LogP contribution in [0.1, 0.15) is 46.6 Å². The molecule has 2 aromatic carbocycles. The number of benzene rings is 2. The van der Waals surface area contributed by atoms with Gasteiger partial charge in [-0.2, -0.15) is 0 Å². The monoisotopic (exact) mass is 471 g/mol. The van der Waals surface area contributed by atoms with Gasteiger partial charge in [-0.05, 0) is 18.5 Å². The molecule has 3 heterocycles. The van der Waals surface area contributed by atoms with Crippen molar-refractivity contribution in [2.24, 2.45) is 0 Å². The second kappa shape index (κ2) is 9.52. The maximum absolute atomic E-state index is 15.3. The maximum atomic E-state index is 15.3. The van der Waals surface area contributed by atoms with Crippen LogP contribution in [-0.4, -0.2) is 59.8 Å². The fraction of sp³-hybridized carbons (Fsp3) is 0.400. The number of rotatable bonds is 6. The van der Waals surface area contributed by atoms with Crippen LogP contribution in [0, 0.1) is 5.82 Å². The van der Waals surface area contributed by atoms with E-state index >= 15 is 4.39 Å². The van der Waals surface area contributed by atoms with Crippen LogP contribution in [0.2, 0.25) is 0 Å². The van der Waals surface area contributed by atoms with Crippen LogP contribution >= 0.6 is 0 Å². The van der Waals surface area contributed by atoms with Gasteiger partial charge in [-0.25, -0.2) is 4.39 Å². The number of morpholine rings is 1. The highest BCUT2D eigenvalue weighted by molar-refractivity contribution is 6.06. The number of halogens is 1. The van der Waals surface area contributed by atoms with Crippen LogP contribution in [0.5, 0.6) is 0 Å². The highest BCUT2D eigenvalue weighted by Crippen LogP contribution is 2.32. The van der Waals surface area contributed by atoms with Crippen molar-refractivity contribution in [3.05, 3.63) is 64.5 Å². The summed E-state index contributed by atoms with van der Waals surface area (Å²) in [6, 6.07) is 6.72. The second-order valence-electron chi connectivity index (χ2n) is 8.24. The van der Waals surface area contributed by atoms with Crippen LogP contribution in [0.4, 0.5) is 10.1 Å². The summed E-state index contributed by atoms with van der Waals surface area (Å²) in [5.74, 6) is -4.15. The highest BCUT2D eigenvalue weighted by Gasteiger charge is 2.39. The number of piperidine rings is 1. The summed E-state index contributed by atoms with van der Waals surface area (Å²) in [6.45, 7) is 2.74. The third-order valence-corrected chi connectivity index (χ3v) is 6.10. The van der Waals surface area contributed by atoms with E-state index in [9.17, 15) is 14.4 Å². The molecule has 5 rings (SSSR count). The molecule has 9 heteroatoms. The van der Waals surface area contributed by atoms with E-state index in [2.05, 4.69) is 10.2 Å². The number of hydrogen-bond acceptors (Lipinski definition) is 6. The Kier molecular flexibility index (Phi) is 4.81. The number of amides is 3. The average Bonchev–Trinajstić information content (AvgIpc) is 3.25. The summed E-state index contributed by atoms with van der Waals surface area (Å²) in [7, 11) is 0. The quantitative estimate of drug-likeness (QED) is 0.627. The predicted molar refractivity (Wildman–Crippen MR) is 122 cm³/mol. The highest BCUT2D eigenvalue weighted by atomic mass is 19.1. The van der Waals surface area contributed by atoms with Crippen molar-refractivity contribution in [1.29, 1.82) is 0 Å². The lowest BCUT2D eigenvalue weighted by molar-refractivity contribution is -0.136. The van der Waals surface area contributed by atoms with Crippen molar-refractivity contribution in [1.82, 2.24) is 15.1 Å². The van der Waals surface area contributed by atoms with Crippen molar-refractivity contribution in [2.45, 2.75) is 38.4 Å². The molecule has 1 atom stereocenters. The molecule has 1 unspecified atom stereocenters. The van der Waals surface area contributed by atoms with Gasteiger partial charge in [-0.3, -0.25) is 24.6 Å². The van der Waals surface area contributed by atoms with Crippen molar-refractivity contribution >= 4 is 23.4 Å². The zero-order chi connectivity index (χ0) is 28.2. The van der Waals surface area contributed by atoms with Gasteiger partial charge in [-0.15, -0.1) is 0 Å². The SMILES string of the molecule is [2H]C1([2H])C(=O)NC(=O)C([2H])(N2Cc3c(NCc4cccc(CN5CCOCC5)c4F)cccc3C2=O)C1([2H])[2H]. The minimum absolute atomic E-state index is 0.0673. The Hall–Kier alpha value is -3.30. The Bertz CT molecular complexity index is 1350. The zero-order valence-corrected chi connectivity index (χ0v) is 18.3. The molecule has 0 saturated carbocycles. The molecule has 8 nitrogen and oxygen atoms in total. The first kappa shape index (κ1) is 17.2. The fourth-order valence-corrected chi connectivity index (χ4v) is 4.32. The minimum Gasteiger partial charge on any atom is -0.381 e. The average molecular weight is 472 g/mol. The number of carbonyl (C=O) groups excluding carboxylic acids is 3. The first-order valence-electron chi connectivity index (χ1n) is 13.5. The fourth-order valence-electron chi connectivity index (χ4n) is 4.32. The maximum Gasteiger partial charge on any atom is 0.255 e. The number of imide groups is 1. The van der Waals surface area contributed by atoms with E-state index in [0.717, 1.165) is 0 Å². The summed E-state index contributed by atoms with van der Waals surface area (Å²) in [5, 5.41) is 4.81. The number of anilines is 1. The number of ether oxygens (including phenoxy) is 1. The summed E-state index contributed by atoms with van der Waals surface area (Å²) >= 11 is 0. The largest absolute Gasteiger partial charge is 0.381 e. The van der Waals surface area contributed by atoms with Crippen LogP contribution in [0.15, 0.2) is 36.4 Å². The molecule has 0 aliphatic carbocycles. The third-order valence-electron chi connectivity index (χ3n) is 6.10. The molecule has 0 aromatic heterocycles. The van der Waals surface area contributed by atoms with E-state index in [-0.39, 0.29) is 17.9 Å². The Morgan fingerprint density at radius 1 is 1.15 bits per heavy atom. The van der Waals surface area contributed by atoms with Crippen molar-refractivity contribution in [3.8, 4) is 0 Å². The van der Waals surface area contributed by atoms with Gasteiger partial charge < -0.3 is 15.0 Å². The molecule has 34 heavy (non-hydrogen) atoms. The lowest BCUT2D eigenvalue weighted by Gasteiger charge is -2.29. The smallest absolute Gasteiger partial charge is 0.255 e.